The summed E-state index contributed by atoms with van der Waals surface area (Å²) in [5, 5.41) is 25.3. The maximum Gasteiger partial charge on any atom is 0.410 e. The van der Waals surface area contributed by atoms with Gasteiger partial charge < -0.3 is 44.0 Å². The van der Waals surface area contributed by atoms with Gasteiger partial charge in [0.1, 0.15) is 18.8 Å². The molecule has 3 N–H and O–H groups in total. The van der Waals surface area contributed by atoms with Crippen LogP contribution in [0.25, 0.3) is 0 Å². The number of piperidine rings is 2. The van der Waals surface area contributed by atoms with Gasteiger partial charge in [0, 0.05) is 41.1 Å². The van der Waals surface area contributed by atoms with Crippen molar-refractivity contribution in [3.63, 3.8) is 0 Å². The van der Waals surface area contributed by atoms with E-state index in [9.17, 15) is 15.0 Å². The van der Waals surface area contributed by atoms with Crippen molar-refractivity contribution in [3.05, 3.63) is 132 Å². The first-order valence-electron chi connectivity index (χ1n) is 18.6. The minimum absolute atomic E-state index is 0.0348. The molecule has 4 fully saturated rings. The first-order valence-corrected chi connectivity index (χ1v) is 20.3. The fraction of sp³-hybridized carbons (Fsp3) is 0.405. The summed E-state index contributed by atoms with van der Waals surface area (Å²) in [5.74, 6) is 0. The van der Waals surface area contributed by atoms with Crippen LogP contribution in [0.3, 0.4) is 0 Å². The number of carbonyl (C=O) groups is 1. The third-order valence-corrected chi connectivity index (χ3v) is 12.5. The lowest BCUT2D eigenvalue weighted by Crippen LogP contribution is -2.66. The number of fused-ring (bicyclic) bond motifs is 2. The lowest BCUT2D eigenvalue weighted by atomic mass is 9.95. The van der Waals surface area contributed by atoms with Gasteiger partial charge in [-0.25, -0.2) is 4.79 Å². The molecule has 4 aliphatic heterocycles. The Kier molecular flexibility index (Phi) is 14.2. The van der Waals surface area contributed by atoms with Gasteiger partial charge in [0.25, 0.3) is 0 Å². The molecule has 4 aromatic carbocycles. The third-order valence-electron chi connectivity index (χ3n) is 9.93. The summed E-state index contributed by atoms with van der Waals surface area (Å²) in [6.45, 7) is 2.35. The molecule has 292 valence electrons. The number of likely N-dealkylation sites (tertiary alicyclic amines) is 1. The topological polar surface area (TPSA) is 128 Å². The molecule has 1 amide bonds. The summed E-state index contributed by atoms with van der Waals surface area (Å²) in [5.41, 5.74) is 1.86. The van der Waals surface area contributed by atoms with E-state index in [0.29, 0.717) is 19.8 Å². The van der Waals surface area contributed by atoms with Crippen molar-refractivity contribution in [2.45, 2.75) is 69.4 Å². The molecule has 11 nitrogen and oxygen atoms in total. The van der Waals surface area contributed by atoms with Crippen LogP contribution >= 0.6 is 23.5 Å². The zero-order valence-electron chi connectivity index (χ0n) is 30.6. The van der Waals surface area contributed by atoms with Crippen molar-refractivity contribution < 1.29 is 43.4 Å². The van der Waals surface area contributed by atoms with Crippen molar-refractivity contribution >= 4 is 29.6 Å². The Labute approximate surface area is 330 Å². The standard InChI is InChI=1S/C23H27NO6S.C19H21NO3S/c1-27-12-13-28-23(26)24-14-19(31-17-10-6-3-7-11-17)20(25)21-18(24)15-29-22(30-21)16-8-4-2-5-9-16;21-17-16(24-14-9-5-2-6-10-14)11-20-15-12-22-19(23-18(15)17)13-7-3-1-4-8-13/h2-11,18-22,25H,12-15H2,1H3;1-10,15-21H,11-12H2/t18?,19-,20+,21+,22+;15?,16-,17+,18+,19+/m00/s1. The SMILES string of the molecule is COCCOC(=O)N1C[C@H](Sc2ccccc2)[C@@H](O)[C@@H]2O[C@H](c3ccccc3)OCC21.O[C@@H]1[C@@H](Sc2ccccc2)CNC2CO[C@@H](c3ccccc3)O[C@H]21. The molecular formula is C42H48N2O9S2. The predicted octanol–water partition coefficient (Wildman–Crippen LogP) is 5.68. The first kappa shape index (κ1) is 39.8. The van der Waals surface area contributed by atoms with E-state index in [1.54, 1.807) is 23.8 Å². The number of nitrogens with one attached hydrogen (secondary N) is 1. The van der Waals surface area contributed by atoms with Gasteiger partial charge >= 0.3 is 6.09 Å². The number of thioether (sulfide) groups is 2. The number of aliphatic hydroxyl groups is 2. The van der Waals surface area contributed by atoms with Crippen LogP contribution in [0.15, 0.2) is 131 Å². The molecule has 0 saturated carbocycles. The molecule has 0 aromatic heterocycles. The Bertz CT molecular complexity index is 1750. The van der Waals surface area contributed by atoms with Gasteiger partial charge in [-0.1, -0.05) is 97.1 Å². The Morgan fingerprint density at radius 2 is 1.22 bits per heavy atom. The molecule has 4 heterocycles. The molecule has 0 bridgehead atoms. The summed E-state index contributed by atoms with van der Waals surface area (Å²) in [4.78, 5) is 16.6. The molecule has 0 spiro atoms. The van der Waals surface area contributed by atoms with Crippen molar-refractivity contribution in [3.8, 4) is 0 Å². The zero-order chi connectivity index (χ0) is 38.0. The number of aliphatic hydroxyl groups excluding tert-OH is 2. The maximum absolute atomic E-state index is 12.8. The van der Waals surface area contributed by atoms with E-state index in [1.165, 1.54) is 11.8 Å². The summed E-state index contributed by atoms with van der Waals surface area (Å²) >= 11 is 3.22. The highest BCUT2D eigenvalue weighted by atomic mass is 32.2. The molecule has 4 aliphatic rings. The van der Waals surface area contributed by atoms with Crippen molar-refractivity contribution in [1.29, 1.82) is 0 Å². The van der Waals surface area contributed by atoms with E-state index in [-0.39, 0.29) is 35.9 Å². The Morgan fingerprint density at radius 3 is 1.80 bits per heavy atom. The van der Waals surface area contributed by atoms with Crippen LogP contribution in [0.2, 0.25) is 0 Å². The van der Waals surface area contributed by atoms with Crippen LogP contribution in [-0.2, 0) is 28.4 Å². The Morgan fingerprint density at radius 1 is 0.709 bits per heavy atom. The lowest BCUT2D eigenvalue weighted by Gasteiger charge is -2.49. The van der Waals surface area contributed by atoms with E-state index in [1.807, 2.05) is 109 Å². The normalized spacial score (nSPS) is 30.2. The van der Waals surface area contributed by atoms with E-state index in [4.69, 9.17) is 28.4 Å². The largest absolute Gasteiger partial charge is 0.447 e. The van der Waals surface area contributed by atoms with E-state index in [0.717, 1.165) is 27.5 Å². The molecule has 0 radical (unpaired) electrons. The predicted molar refractivity (Wildman–Crippen MR) is 210 cm³/mol. The number of hydrogen-bond acceptors (Lipinski definition) is 12. The van der Waals surface area contributed by atoms with E-state index >= 15 is 0 Å². The summed E-state index contributed by atoms with van der Waals surface area (Å²) in [6.07, 6.45) is -3.62. The van der Waals surface area contributed by atoms with Gasteiger partial charge in [0.2, 0.25) is 0 Å². The minimum atomic E-state index is -0.770. The highest BCUT2D eigenvalue weighted by Gasteiger charge is 2.50. The second kappa shape index (κ2) is 19.6. The van der Waals surface area contributed by atoms with Crippen molar-refractivity contribution in [2.75, 3.05) is 46.6 Å². The number of nitrogens with zero attached hydrogens (tertiary/aromatic N) is 1. The van der Waals surface area contributed by atoms with Crippen molar-refractivity contribution in [1.82, 2.24) is 10.2 Å². The van der Waals surface area contributed by atoms with Gasteiger partial charge in [-0.05, 0) is 24.3 Å². The number of hydrogen-bond donors (Lipinski definition) is 3. The molecule has 2 unspecified atom stereocenters. The average molecular weight is 789 g/mol. The van der Waals surface area contributed by atoms with Crippen LogP contribution in [0.1, 0.15) is 23.7 Å². The summed E-state index contributed by atoms with van der Waals surface area (Å²) < 4.78 is 34.4. The van der Waals surface area contributed by atoms with Gasteiger partial charge in [-0.2, -0.15) is 0 Å². The number of methoxy groups -OCH3 is 1. The van der Waals surface area contributed by atoms with Crippen LogP contribution in [0.4, 0.5) is 4.79 Å². The highest BCUT2D eigenvalue weighted by Crippen LogP contribution is 2.39. The first-order chi connectivity index (χ1) is 27.0. The zero-order valence-corrected chi connectivity index (χ0v) is 32.2. The van der Waals surface area contributed by atoms with Gasteiger partial charge in [-0.15, -0.1) is 23.5 Å². The highest BCUT2D eigenvalue weighted by molar-refractivity contribution is 8.00. The number of amides is 1. The molecule has 0 aliphatic carbocycles. The van der Waals surface area contributed by atoms with Crippen molar-refractivity contribution in [2.24, 2.45) is 0 Å². The molecule has 8 rings (SSSR count). The van der Waals surface area contributed by atoms with Crippen LogP contribution in [-0.4, -0.2) is 115 Å². The fourth-order valence-electron chi connectivity index (χ4n) is 7.08. The molecular weight excluding hydrogens is 741 g/mol. The second-order valence-electron chi connectivity index (χ2n) is 13.6. The molecule has 10 atom stereocenters. The fourth-order valence-corrected chi connectivity index (χ4v) is 9.41. The van der Waals surface area contributed by atoms with Gasteiger partial charge in [0.15, 0.2) is 12.6 Å². The second-order valence-corrected chi connectivity index (χ2v) is 16.2. The number of rotatable bonds is 9. The lowest BCUT2D eigenvalue weighted by molar-refractivity contribution is -0.269. The Balaban J connectivity index is 0.000000174. The number of carbonyl (C=O) groups excluding carboxylic acids is 1. The molecule has 4 aromatic rings. The quantitative estimate of drug-likeness (QED) is 0.181. The summed E-state index contributed by atoms with van der Waals surface area (Å²) in [6, 6.07) is 39.1. The van der Waals surface area contributed by atoms with Crippen LogP contribution < -0.4 is 5.32 Å². The monoisotopic (exact) mass is 788 g/mol. The molecule has 4 saturated heterocycles. The minimum Gasteiger partial charge on any atom is -0.447 e. The maximum atomic E-state index is 12.8. The molecule has 55 heavy (non-hydrogen) atoms. The van der Waals surface area contributed by atoms with E-state index < -0.39 is 43.0 Å². The molecule has 13 heteroatoms. The smallest absolute Gasteiger partial charge is 0.410 e. The van der Waals surface area contributed by atoms with E-state index in [2.05, 4.69) is 17.4 Å². The summed E-state index contributed by atoms with van der Waals surface area (Å²) in [7, 11) is 1.56. The van der Waals surface area contributed by atoms with Crippen LogP contribution in [0.5, 0.6) is 0 Å². The van der Waals surface area contributed by atoms with Gasteiger partial charge in [0.05, 0.1) is 54.6 Å². The Hall–Kier alpha value is -3.47. The average Bonchev–Trinajstić information content (AvgIpc) is 3.24. The number of ether oxygens (including phenoxy) is 6. The number of benzene rings is 4. The van der Waals surface area contributed by atoms with Gasteiger partial charge in [-0.3, -0.25) is 4.90 Å². The van der Waals surface area contributed by atoms with Crippen LogP contribution in [0, 0.1) is 0 Å². The third kappa shape index (κ3) is 10.1.